The van der Waals surface area contributed by atoms with Gasteiger partial charge in [-0.3, -0.25) is 0 Å². The van der Waals surface area contributed by atoms with E-state index in [1.807, 2.05) is 19.1 Å². The highest BCUT2D eigenvalue weighted by atomic mass is 16.4. The van der Waals surface area contributed by atoms with E-state index < -0.39 is 0 Å². The minimum absolute atomic E-state index is 0.298. The molecule has 3 nitrogen and oxygen atoms in total. The Balaban J connectivity index is 2.40. The van der Waals surface area contributed by atoms with Gasteiger partial charge in [-0.2, -0.15) is 0 Å². The summed E-state index contributed by atoms with van der Waals surface area (Å²) in [4.78, 5) is 11.5. The average molecular weight is 242 g/mol. The Hall–Kier alpha value is -2.03. The predicted molar refractivity (Wildman–Crippen MR) is 71.0 cm³/mol. The van der Waals surface area contributed by atoms with Gasteiger partial charge in [-0.1, -0.05) is 13.3 Å². The maximum atomic E-state index is 11.5. The van der Waals surface area contributed by atoms with Crippen LogP contribution in [0.1, 0.15) is 24.7 Å². The van der Waals surface area contributed by atoms with Gasteiger partial charge in [-0.25, -0.2) is 4.79 Å². The van der Waals surface area contributed by atoms with Gasteiger partial charge in [0, 0.05) is 22.9 Å². The first-order valence-electron chi connectivity index (χ1n) is 6.14. The van der Waals surface area contributed by atoms with Crippen molar-refractivity contribution >= 4 is 21.9 Å². The van der Waals surface area contributed by atoms with Crippen molar-refractivity contribution in [2.75, 3.05) is 0 Å². The number of aryl methyl sites for hydroxylation is 2. The lowest BCUT2D eigenvalue weighted by Crippen LogP contribution is -2.00. The lowest BCUT2D eigenvalue weighted by atomic mass is 10.0. The number of hydrogen-bond acceptors (Lipinski definition) is 3. The summed E-state index contributed by atoms with van der Waals surface area (Å²) < 4.78 is 10.8. The van der Waals surface area contributed by atoms with Crippen LogP contribution in [0.25, 0.3) is 21.9 Å². The molecular formula is C15H14O3. The molecule has 2 heterocycles. The minimum atomic E-state index is -0.298. The molecule has 0 fully saturated rings. The molecule has 0 aliphatic carbocycles. The summed E-state index contributed by atoms with van der Waals surface area (Å²) in [5.74, 6) is 0.861. The highest BCUT2D eigenvalue weighted by molar-refractivity contribution is 5.94. The molecule has 0 saturated carbocycles. The van der Waals surface area contributed by atoms with E-state index in [0.717, 1.165) is 40.5 Å². The lowest BCUT2D eigenvalue weighted by molar-refractivity contribution is 0.554. The Bertz CT molecular complexity index is 777. The van der Waals surface area contributed by atoms with Gasteiger partial charge in [-0.15, -0.1) is 0 Å². The van der Waals surface area contributed by atoms with E-state index >= 15 is 0 Å². The summed E-state index contributed by atoms with van der Waals surface area (Å²) in [5.41, 5.74) is 2.11. The summed E-state index contributed by atoms with van der Waals surface area (Å²) in [6, 6.07) is 7.42. The topological polar surface area (TPSA) is 43.4 Å². The first-order chi connectivity index (χ1) is 8.67. The first-order valence-corrected chi connectivity index (χ1v) is 6.14. The van der Waals surface area contributed by atoms with Gasteiger partial charge in [0.1, 0.15) is 16.9 Å². The number of furan rings is 1. The Labute approximate surface area is 104 Å². The number of benzene rings is 1. The van der Waals surface area contributed by atoms with Gasteiger partial charge in [-0.05, 0) is 31.0 Å². The SMILES string of the molecule is CCCc1cc(=O)oc2cc3oc(C)cc3cc12. The van der Waals surface area contributed by atoms with Crippen LogP contribution in [0.3, 0.4) is 0 Å². The van der Waals surface area contributed by atoms with Crippen LogP contribution in [0.4, 0.5) is 0 Å². The van der Waals surface area contributed by atoms with Crippen molar-refractivity contribution in [3.63, 3.8) is 0 Å². The van der Waals surface area contributed by atoms with Gasteiger partial charge in [0.15, 0.2) is 0 Å². The van der Waals surface area contributed by atoms with E-state index in [9.17, 15) is 4.79 Å². The third-order valence-electron chi connectivity index (χ3n) is 3.11. The van der Waals surface area contributed by atoms with Crippen molar-refractivity contribution in [3.8, 4) is 0 Å². The van der Waals surface area contributed by atoms with Gasteiger partial charge < -0.3 is 8.83 Å². The van der Waals surface area contributed by atoms with Crippen molar-refractivity contribution in [1.82, 2.24) is 0 Å². The number of hydrogen-bond donors (Lipinski definition) is 0. The smallest absolute Gasteiger partial charge is 0.336 e. The van der Waals surface area contributed by atoms with Crippen molar-refractivity contribution in [1.29, 1.82) is 0 Å². The predicted octanol–water partition coefficient (Wildman–Crippen LogP) is 3.80. The fourth-order valence-corrected chi connectivity index (χ4v) is 2.37. The summed E-state index contributed by atoms with van der Waals surface area (Å²) in [5, 5.41) is 2.05. The molecule has 1 aromatic carbocycles. The Morgan fingerprint density at radius 1 is 1.06 bits per heavy atom. The first kappa shape index (κ1) is 11.1. The van der Waals surface area contributed by atoms with E-state index in [4.69, 9.17) is 8.83 Å². The molecule has 18 heavy (non-hydrogen) atoms. The zero-order valence-electron chi connectivity index (χ0n) is 10.4. The van der Waals surface area contributed by atoms with Gasteiger partial charge in [0.25, 0.3) is 0 Å². The van der Waals surface area contributed by atoms with E-state index in [2.05, 4.69) is 6.92 Å². The Morgan fingerprint density at radius 2 is 1.89 bits per heavy atom. The van der Waals surface area contributed by atoms with E-state index in [1.54, 1.807) is 12.1 Å². The van der Waals surface area contributed by atoms with E-state index in [0.29, 0.717) is 5.58 Å². The van der Waals surface area contributed by atoms with Gasteiger partial charge in [0.2, 0.25) is 0 Å². The van der Waals surface area contributed by atoms with Crippen molar-refractivity contribution in [2.24, 2.45) is 0 Å². The third kappa shape index (κ3) is 1.72. The Kier molecular flexibility index (Phi) is 2.47. The van der Waals surface area contributed by atoms with E-state index in [1.165, 1.54) is 0 Å². The molecular weight excluding hydrogens is 228 g/mol. The largest absolute Gasteiger partial charge is 0.461 e. The van der Waals surface area contributed by atoms with Crippen molar-refractivity contribution < 1.29 is 8.83 Å². The lowest BCUT2D eigenvalue weighted by Gasteiger charge is -2.03. The highest BCUT2D eigenvalue weighted by Gasteiger charge is 2.09. The van der Waals surface area contributed by atoms with Gasteiger partial charge in [0.05, 0.1) is 0 Å². The fraction of sp³-hybridized carbons (Fsp3) is 0.267. The molecule has 2 aromatic heterocycles. The van der Waals surface area contributed by atoms with Gasteiger partial charge >= 0.3 is 5.63 Å². The minimum Gasteiger partial charge on any atom is -0.461 e. The molecule has 0 amide bonds. The zero-order valence-corrected chi connectivity index (χ0v) is 10.4. The van der Waals surface area contributed by atoms with Crippen LogP contribution < -0.4 is 5.63 Å². The summed E-state index contributed by atoms with van der Waals surface area (Å²) in [6.07, 6.45) is 1.88. The molecule has 0 N–H and O–H groups in total. The number of fused-ring (bicyclic) bond motifs is 2. The molecule has 0 aliphatic heterocycles. The molecule has 0 saturated heterocycles. The molecule has 3 aromatic rings. The summed E-state index contributed by atoms with van der Waals surface area (Å²) in [6.45, 7) is 4.01. The summed E-state index contributed by atoms with van der Waals surface area (Å²) >= 11 is 0. The molecule has 0 radical (unpaired) electrons. The molecule has 0 spiro atoms. The molecule has 3 rings (SSSR count). The van der Waals surface area contributed by atoms with E-state index in [-0.39, 0.29) is 5.63 Å². The van der Waals surface area contributed by atoms with Crippen molar-refractivity contribution in [3.05, 3.63) is 46.0 Å². The van der Waals surface area contributed by atoms with Crippen LogP contribution in [0, 0.1) is 6.92 Å². The van der Waals surface area contributed by atoms with Crippen LogP contribution in [-0.4, -0.2) is 0 Å². The fourth-order valence-electron chi connectivity index (χ4n) is 2.37. The second-order valence-corrected chi connectivity index (χ2v) is 4.58. The second-order valence-electron chi connectivity index (χ2n) is 4.58. The maximum Gasteiger partial charge on any atom is 0.336 e. The molecule has 0 unspecified atom stereocenters. The van der Waals surface area contributed by atoms with Crippen LogP contribution >= 0.6 is 0 Å². The monoisotopic (exact) mass is 242 g/mol. The number of rotatable bonds is 2. The zero-order chi connectivity index (χ0) is 12.7. The molecule has 3 heteroatoms. The third-order valence-corrected chi connectivity index (χ3v) is 3.11. The standard InChI is InChI=1S/C15H14O3/c1-3-4-10-7-15(16)18-14-8-13-11(6-12(10)14)5-9(2)17-13/h5-8H,3-4H2,1-2H3. The molecule has 0 atom stereocenters. The summed E-state index contributed by atoms with van der Waals surface area (Å²) in [7, 11) is 0. The quantitative estimate of drug-likeness (QED) is 0.642. The average Bonchev–Trinajstić information content (AvgIpc) is 2.66. The highest BCUT2D eigenvalue weighted by Crippen LogP contribution is 2.27. The normalized spacial score (nSPS) is 11.4. The second kappa shape index (κ2) is 4.02. The molecule has 92 valence electrons. The maximum absolute atomic E-state index is 11.5. The van der Waals surface area contributed by atoms with Crippen LogP contribution in [0.2, 0.25) is 0 Å². The van der Waals surface area contributed by atoms with Crippen molar-refractivity contribution in [2.45, 2.75) is 26.7 Å². The van der Waals surface area contributed by atoms with Crippen LogP contribution in [0.15, 0.2) is 37.9 Å². The molecule has 0 aliphatic rings. The van der Waals surface area contributed by atoms with Crippen LogP contribution in [0.5, 0.6) is 0 Å². The molecule has 0 bridgehead atoms. The van der Waals surface area contributed by atoms with Crippen LogP contribution in [-0.2, 0) is 6.42 Å². The Morgan fingerprint density at radius 3 is 2.67 bits per heavy atom.